The van der Waals surface area contributed by atoms with Crippen molar-refractivity contribution >= 4 is 17.2 Å². The van der Waals surface area contributed by atoms with Crippen LogP contribution in [0.4, 0.5) is 0 Å². The van der Waals surface area contributed by atoms with Crippen molar-refractivity contribution in [1.29, 1.82) is 0 Å². The van der Waals surface area contributed by atoms with Crippen molar-refractivity contribution in [2.45, 2.75) is 5.92 Å². The summed E-state index contributed by atoms with van der Waals surface area (Å²) in [5.74, 6) is 1.08. The van der Waals surface area contributed by atoms with Gasteiger partial charge in [0.25, 0.3) is 5.91 Å². The van der Waals surface area contributed by atoms with E-state index in [0.29, 0.717) is 30.5 Å². The summed E-state index contributed by atoms with van der Waals surface area (Å²) >= 11 is 1.48. The molecule has 28 heavy (non-hydrogen) atoms. The zero-order valence-electron chi connectivity index (χ0n) is 14.7. The zero-order chi connectivity index (χ0) is 18.9. The summed E-state index contributed by atoms with van der Waals surface area (Å²) < 4.78 is 5.39. The second-order valence-corrected chi connectivity index (χ2v) is 7.36. The molecule has 0 N–H and O–H groups in total. The average Bonchev–Trinajstić information content (AvgIpc) is 3.38. The highest BCUT2D eigenvalue weighted by Crippen LogP contribution is 2.30. The van der Waals surface area contributed by atoms with Crippen LogP contribution >= 0.6 is 11.3 Å². The average molecular weight is 389 g/mol. The van der Waals surface area contributed by atoms with Crippen LogP contribution in [0.1, 0.15) is 22.3 Å². The van der Waals surface area contributed by atoms with Gasteiger partial charge in [-0.15, -0.1) is 11.3 Å². The molecule has 8 heteroatoms. The lowest BCUT2D eigenvalue weighted by atomic mass is 10.00. The Kier molecular flexibility index (Phi) is 4.17. The maximum absolute atomic E-state index is 12.7. The number of likely N-dealkylation sites (tertiary alicyclic amines) is 1. The minimum atomic E-state index is -0.0662. The lowest BCUT2D eigenvalue weighted by Gasteiger charge is -2.36. The van der Waals surface area contributed by atoms with Gasteiger partial charge in [-0.05, 0) is 12.1 Å². The molecule has 0 spiro atoms. The molecule has 138 valence electrons. The number of rotatable bonds is 4. The summed E-state index contributed by atoms with van der Waals surface area (Å²) in [7, 11) is 0. The van der Waals surface area contributed by atoms with Gasteiger partial charge in [0.05, 0.1) is 5.92 Å². The fraction of sp³-hybridized carbons (Fsp3) is 0.150. The number of thiazole rings is 1. The predicted octanol–water partition coefficient (Wildman–Crippen LogP) is 3.49. The minimum absolute atomic E-state index is 0.0549. The highest BCUT2D eigenvalue weighted by Gasteiger charge is 2.36. The molecule has 0 radical (unpaired) electrons. The summed E-state index contributed by atoms with van der Waals surface area (Å²) in [5, 5.41) is 6.69. The Morgan fingerprint density at radius 3 is 2.61 bits per heavy atom. The normalized spacial score (nSPS) is 14.1. The first-order chi connectivity index (χ1) is 13.8. The van der Waals surface area contributed by atoms with Gasteiger partial charge in [-0.2, -0.15) is 4.98 Å². The highest BCUT2D eigenvalue weighted by molar-refractivity contribution is 7.13. The number of carbonyl (C=O) groups excluding carboxylic acids is 1. The van der Waals surface area contributed by atoms with Crippen molar-refractivity contribution in [3.8, 4) is 22.0 Å². The van der Waals surface area contributed by atoms with E-state index in [1.807, 2.05) is 47.8 Å². The van der Waals surface area contributed by atoms with Gasteiger partial charge in [0.2, 0.25) is 11.7 Å². The Hall–Kier alpha value is -3.39. The van der Waals surface area contributed by atoms with Crippen LogP contribution in [0.3, 0.4) is 0 Å². The van der Waals surface area contributed by atoms with Gasteiger partial charge in [-0.25, -0.2) is 4.98 Å². The smallest absolute Gasteiger partial charge is 0.273 e. The molecule has 4 heterocycles. The number of hydrogen-bond acceptors (Lipinski definition) is 7. The first kappa shape index (κ1) is 16.8. The van der Waals surface area contributed by atoms with Crippen LogP contribution in [0.2, 0.25) is 0 Å². The van der Waals surface area contributed by atoms with Crippen LogP contribution in [-0.4, -0.2) is 44.0 Å². The Morgan fingerprint density at radius 2 is 1.82 bits per heavy atom. The van der Waals surface area contributed by atoms with E-state index in [0.717, 1.165) is 16.1 Å². The van der Waals surface area contributed by atoms with E-state index < -0.39 is 0 Å². The van der Waals surface area contributed by atoms with Crippen molar-refractivity contribution in [2.24, 2.45) is 0 Å². The van der Waals surface area contributed by atoms with Crippen molar-refractivity contribution in [3.63, 3.8) is 0 Å². The van der Waals surface area contributed by atoms with Gasteiger partial charge in [-0.1, -0.05) is 35.5 Å². The molecule has 7 nitrogen and oxygen atoms in total. The van der Waals surface area contributed by atoms with Gasteiger partial charge >= 0.3 is 0 Å². The summed E-state index contributed by atoms with van der Waals surface area (Å²) in [5.41, 5.74) is 2.35. The van der Waals surface area contributed by atoms with Gasteiger partial charge in [-0.3, -0.25) is 9.78 Å². The SMILES string of the molecule is O=C(c1csc(-c2ccccc2)n1)N1CC(c2nc(-c3ccncc3)no2)C1. The molecule has 3 aromatic heterocycles. The van der Waals surface area contributed by atoms with Crippen molar-refractivity contribution in [2.75, 3.05) is 13.1 Å². The molecule has 0 saturated carbocycles. The van der Waals surface area contributed by atoms with Crippen LogP contribution in [-0.2, 0) is 0 Å². The second kappa shape index (κ2) is 6.97. The van der Waals surface area contributed by atoms with Gasteiger partial charge in [0.1, 0.15) is 10.7 Å². The van der Waals surface area contributed by atoms with E-state index in [1.165, 1.54) is 11.3 Å². The number of carbonyl (C=O) groups is 1. The standard InChI is InChI=1S/C20H15N5O2S/c26-20(16-12-28-19(22-16)14-4-2-1-3-5-14)25-10-15(11-25)18-23-17(24-27-18)13-6-8-21-9-7-13/h1-9,12,15H,10-11H2. The molecule has 1 aromatic carbocycles. The Bertz CT molecular complexity index is 1100. The molecule has 4 aromatic rings. The van der Waals surface area contributed by atoms with Crippen molar-refractivity contribution in [1.82, 2.24) is 25.0 Å². The van der Waals surface area contributed by atoms with E-state index >= 15 is 0 Å². The fourth-order valence-electron chi connectivity index (χ4n) is 3.07. The number of nitrogens with zero attached hydrogens (tertiary/aromatic N) is 5. The van der Waals surface area contributed by atoms with E-state index in [1.54, 1.807) is 17.3 Å². The molecule has 0 bridgehead atoms. The third-order valence-electron chi connectivity index (χ3n) is 4.64. The number of pyridine rings is 1. The number of hydrogen-bond donors (Lipinski definition) is 0. The van der Waals surface area contributed by atoms with E-state index in [2.05, 4.69) is 20.1 Å². The molecule has 0 atom stereocenters. The summed E-state index contributed by atoms with van der Waals surface area (Å²) in [4.78, 5) is 27.4. The van der Waals surface area contributed by atoms with E-state index in [-0.39, 0.29) is 11.8 Å². The number of amides is 1. The summed E-state index contributed by atoms with van der Waals surface area (Å²) in [6.07, 6.45) is 3.37. The van der Waals surface area contributed by atoms with Crippen molar-refractivity contribution in [3.05, 3.63) is 71.8 Å². The minimum Gasteiger partial charge on any atom is -0.339 e. The molecule has 1 fully saturated rings. The number of aromatic nitrogens is 4. The third kappa shape index (κ3) is 3.07. The quantitative estimate of drug-likeness (QED) is 0.531. The van der Waals surface area contributed by atoms with Crippen LogP contribution < -0.4 is 0 Å². The first-order valence-electron chi connectivity index (χ1n) is 8.82. The Morgan fingerprint density at radius 1 is 1.04 bits per heavy atom. The van der Waals surface area contributed by atoms with Gasteiger partial charge in [0.15, 0.2) is 0 Å². The molecule has 5 rings (SSSR count). The molecule has 1 aliphatic heterocycles. The molecule has 0 aliphatic carbocycles. The highest BCUT2D eigenvalue weighted by atomic mass is 32.1. The van der Waals surface area contributed by atoms with Crippen molar-refractivity contribution < 1.29 is 9.32 Å². The Balaban J connectivity index is 1.24. The van der Waals surface area contributed by atoms with Gasteiger partial charge in [0, 0.05) is 42.0 Å². The summed E-state index contributed by atoms with van der Waals surface area (Å²) in [6, 6.07) is 13.5. The molecule has 1 amide bonds. The zero-order valence-corrected chi connectivity index (χ0v) is 15.5. The summed E-state index contributed by atoms with van der Waals surface area (Å²) in [6.45, 7) is 1.10. The maximum Gasteiger partial charge on any atom is 0.273 e. The largest absolute Gasteiger partial charge is 0.339 e. The monoisotopic (exact) mass is 389 g/mol. The van der Waals surface area contributed by atoms with Crippen LogP contribution in [0, 0.1) is 0 Å². The molecule has 1 saturated heterocycles. The molecular formula is C20H15N5O2S. The van der Waals surface area contributed by atoms with Gasteiger partial charge < -0.3 is 9.42 Å². The third-order valence-corrected chi connectivity index (χ3v) is 5.53. The molecule has 1 aliphatic rings. The van der Waals surface area contributed by atoms with Crippen LogP contribution in [0.15, 0.2) is 64.8 Å². The predicted molar refractivity (Wildman–Crippen MR) is 104 cm³/mol. The van der Waals surface area contributed by atoms with E-state index in [9.17, 15) is 4.79 Å². The molecular weight excluding hydrogens is 374 g/mol. The number of benzene rings is 1. The lowest BCUT2D eigenvalue weighted by Crippen LogP contribution is -2.48. The fourth-order valence-corrected chi connectivity index (χ4v) is 3.87. The topological polar surface area (TPSA) is 85.0 Å². The lowest BCUT2D eigenvalue weighted by molar-refractivity contribution is 0.0564. The first-order valence-corrected chi connectivity index (χ1v) is 9.70. The maximum atomic E-state index is 12.7. The Labute approximate surface area is 164 Å². The van der Waals surface area contributed by atoms with E-state index in [4.69, 9.17) is 4.52 Å². The second-order valence-electron chi connectivity index (χ2n) is 6.50. The van der Waals surface area contributed by atoms with Crippen LogP contribution in [0.5, 0.6) is 0 Å². The molecule has 0 unspecified atom stereocenters. The van der Waals surface area contributed by atoms with Crippen LogP contribution in [0.25, 0.3) is 22.0 Å².